The molecule has 4 rings (SSSR count). The highest BCUT2D eigenvalue weighted by molar-refractivity contribution is 9.10. The summed E-state index contributed by atoms with van der Waals surface area (Å²) in [7, 11) is 0. The van der Waals surface area contributed by atoms with Crippen molar-refractivity contribution in [3.63, 3.8) is 0 Å². The fraction of sp³-hybridized carbons (Fsp3) is 0.409. The highest BCUT2D eigenvalue weighted by Gasteiger charge is 2.31. The smallest absolute Gasteiger partial charge is 0.373 e. The number of benzene rings is 2. The number of ether oxygens (including phenoxy) is 1. The van der Waals surface area contributed by atoms with Crippen LogP contribution in [0.1, 0.15) is 29.2 Å². The molecule has 0 spiro atoms. The van der Waals surface area contributed by atoms with Gasteiger partial charge in [-0.2, -0.15) is 13.2 Å². The number of carbonyl (C=O) groups is 1. The molecule has 1 amide bonds. The van der Waals surface area contributed by atoms with Gasteiger partial charge in [0.25, 0.3) is 0 Å². The van der Waals surface area contributed by atoms with Gasteiger partial charge in [-0.25, -0.2) is 0 Å². The molecule has 30 heavy (non-hydrogen) atoms. The Morgan fingerprint density at radius 2 is 1.77 bits per heavy atom. The number of alkyl halides is 3. The maximum absolute atomic E-state index is 12.8. The second kappa shape index (κ2) is 8.59. The van der Waals surface area contributed by atoms with Gasteiger partial charge in [0.2, 0.25) is 5.91 Å². The summed E-state index contributed by atoms with van der Waals surface area (Å²) in [5.41, 5.74) is 2.37. The first-order valence-corrected chi connectivity index (χ1v) is 10.7. The summed E-state index contributed by atoms with van der Waals surface area (Å²) in [5.74, 6) is 0.0443. The molecule has 2 aliphatic rings. The van der Waals surface area contributed by atoms with Crippen LogP contribution in [0.4, 0.5) is 18.9 Å². The van der Waals surface area contributed by atoms with E-state index in [2.05, 4.69) is 22.0 Å². The van der Waals surface area contributed by atoms with Crippen LogP contribution >= 0.6 is 15.9 Å². The SMILES string of the molecule is O=C(C[C@@H]1OCCc2cc(Br)ccc21)N1CCN(c2ccc(C(F)(F)F)cc2)CC1. The van der Waals surface area contributed by atoms with Crippen molar-refractivity contribution in [2.75, 3.05) is 37.7 Å². The van der Waals surface area contributed by atoms with Gasteiger partial charge in [-0.3, -0.25) is 4.79 Å². The first-order chi connectivity index (χ1) is 14.3. The molecule has 1 fully saturated rings. The van der Waals surface area contributed by atoms with Crippen molar-refractivity contribution in [1.82, 2.24) is 4.90 Å². The molecular formula is C22H22BrF3N2O2. The summed E-state index contributed by atoms with van der Waals surface area (Å²) >= 11 is 3.49. The van der Waals surface area contributed by atoms with Gasteiger partial charge >= 0.3 is 6.18 Å². The number of amides is 1. The maximum atomic E-state index is 12.8. The molecule has 0 aromatic heterocycles. The van der Waals surface area contributed by atoms with Gasteiger partial charge in [-0.05, 0) is 53.9 Å². The highest BCUT2D eigenvalue weighted by atomic mass is 79.9. The molecule has 0 radical (unpaired) electrons. The van der Waals surface area contributed by atoms with Gasteiger partial charge in [0.05, 0.1) is 24.7 Å². The summed E-state index contributed by atoms with van der Waals surface area (Å²) in [6, 6.07) is 11.2. The molecule has 0 bridgehead atoms. The summed E-state index contributed by atoms with van der Waals surface area (Å²) in [6.07, 6.45) is -3.43. The van der Waals surface area contributed by atoms with Crippen molar-refractivity contribution in [2.45, 2.75) is 25.1 Å². The Balaban J connectivity index is 1.34. The van der Waals surface area contributed by atoms with Gasteiger partial charge in [0.1, 0.15) is 0 Å². The first-order valence-electron chi connectivity index (χ1n) is 9.91. The minimum absolute atomic E-state index is 0.0443. The lowest BCUT2D eigenvalue weighted by Crippen LogP contribution is -2.49. The number of halogens is 4. The van der Waals surface area contributed by atoms with E-state index in [0.717, 1.165) is 34.3 Å². The van der Waals surface area contributed by atoms with Crippen molar-refractivity contribution < 1.29 is 22.7 Å². The number of carbonyl (C=O) groups excluding carboxylic acids is 1. The maximum Gasteiger partial charge on any atom is 0.416 e. The number of hydrogen-bond acceptors (Lipinski definition) is 3. The average molecular weight is 483 g/mol. The van der Waals surface area contributed by atoms with Gasteiger partial charge in [-0.15, -0.1) is 0 Å². The van der Waals surface area contributed by atoms with Crippen molar-refractivity contribution in [3.05, 3.63) is 63.6 Å². The molecule has 4 nitrogen and oxygen atoms in total. The van der Waals surface area contributed by atoms with E-state index in [1.165, 1.54) is 17.7 Å². The van der Waals surface area contributed by atoms with E-state index >= 15 is 0 Å². The van der Waals surface area contributed by atoms with Crippen molar-refractivity contribution in [2.24, 2.45) is 0 Å². The Morgan fingerprint density at radius 1 is 1.07 bits per heavy atom. The highest BCUT2D eigenvalue weighted by Crippen LogP contribution is 2.33. The van der Waals surface area contributed by atoms with Gasteiger partial charge in [0, 0.05) is 36.3 Å². The van der Waals surface area contributed by atoms with Crippen molar-refractivity contribution in [3.8, 4) is 0 Å². The summed E-state index contributed by atoms with van der Waals surface area (Å²) in [6.45, 7) is 2.86. The van der Waals surface area contributed by atoms with Crippen molar-refractivity contribution >= 4 is 27.5 Å². The van der Waals surface area contributed by atoms with Crippen LogP contribution in [0, 0.1) is 0 Å². The molecule has 1 saturated heterocycles. The largest absolute Gasteiger partial charge is 0.416 e. The summed E-state index contributed by atoms with van der Waals surface area (Å²) < 4.78 is 45.1. The zero-order chi connectivity index (χ0) is 21.3. The van der Waals surface area contributed by atoms with E-state index in [-0.39, 0.29) is 12.0 Å². The molecule has 0 aliphatic carbocycles. The molecule has 0 saturated carbocycles. The number of fused-ring (bicyclic) bond motifs is 1. The third-order valence-corrected chi connectivity index (χ3v) is 6.19. The lowest BCUT2D eigenvalue weighted by Gasteiger charge is -2.37. The topological polar surface area (TPSA) is 32.8 Å². The molecule has 160 valence electrons. The lowest BCUT2D eigenvalue weighted by molar-refractivity contribution is -0.137. The predicted molar refractivity (Wildman–Crippen MR) is 111 cm³/mol. The Kier molecular flexibility index (Phi) is 6.06. The minimum atomic E-state index is -4.33. The summed E-state index contributed by atoms with van der Waals surface area (Å²) in [5, 5.41) is 0. The second-order valence-electron chi connectivity index (χ2n) is 7.57. The fourth-order valence-corrected chi connectivity index (χ4v) is 4.45. The quantitative estimate of drug-likeness (QED) is 0.628. The van der Waals surface area contributed by atoms with E-state index in [1.807, 2.05) is 21.9 Å². The molecule has 0 unspecified atom stereocenters. The fourth-order valence-electron chi connectivity index (χ4n) is 4.04. The average Bonchev–Trinajstić information content (AvgIpc) is 2.73. The first kappa shape index (κ1) is 21.2. The Bertz CT molecular complexity index is 910. The van der Waals surface area contributed by atoms with E-state index in [4.69, 9.17) is 4.74 Å². The van der Waals surface area contributed by atoms with Crippen LogP contribution < -0.4 is 4.90 Å². The summed E-state index contributed by atoms with van der Waals surface area (Å²) in [4.78, 5) is 16.7. The van der Waals surface area contributed by atoms with Crippen LogP contribution in [-0.4, -0.2) is 43.6 Å². The minimum Gasteiger partial charge on any atom is -0.373 e. The molecule has 1 atom stereocenters. The monoisotopic (exact) mass is 482 g/mol. The standard InChI is InChI=1S/C22H22BrF3N2O2/c23-17-3-6-19-15(13-17)7-12-30-20(19)14-21(29)28-10-8-27(9-11-28)18-4-1-16(2-5-18)22(24,25)26/h1-6,13,20H,7-12,14H2/t20-/m0/s1. The number of hydrogen-bond donors (Lipinski definition) is 0. The van der Waals surface area contributed by atoms with E-state index in [0.29, 0.717) is 39.2 Å². The van der Waals surface area contributed by atoms with Crippen molar-refractivity contribution in [1.29, 1.82) is 0 Å². The Hall–Kier alpha value is -2.06. The zero-order valence-corrected chi connectivity index (χ0v) is 17.9. The van der Waals surface area contributed by atoms with Crippen LogP contribution in [0.25, 0.3) is 0 Å². The predicted octanol–water partition coefficient (Wildman–Crippen LogP) is 4.82. The number of rotatable bonds is 3. The molecule has 2 aromatic rings. The Labute approximate surface area is 181 Å². The van der Waals surface area contributed by atoms with Gasteiger partial charge in [-0.1, -0.05) is 22.0 Å². The number of anilines is 1. The molecular weight excluding hydrogens is 461 g/mol. The number of nitrogens with zero attached hydrogens (tertiary/aromatic N) is 2. The lowest BCUT2D eigenvalue weighted by atomic mass is 9.95. The van der Waals surface area contributed by atoms with Gasteiger partial charge < -0.3 is 14.5 Å². The third kappa shape index (κ3) is 4.64. The van der Waals surface area contributed by atoms with Crippen LogP contribution in [0.3, 0.4) is 0 Å². The Morgan fingerprint density at radius 3 is 2.43 bits per heavy atom. The van der Waals surface area contributed by atoms with Crippen LogP contribution in [-0.2, 0) is 22.1 Å². The van der Waals surface area contributed by atoms with E-state index in [9.17, 15) is 18.0 Å². The molecule has 8 heteroatoms. The van der Waals surface area contributed by atoms with E-state index < -0.39 is 11.7 Å². The normalized spacial score (nSPS) is 19.5. The van der Waals surface area contributed by atoms with Crippen LogP contribution in [0.15, 0.2) is 46.9 Å². The van der Waals surface area contributed by atoms with Crippen LogP contribution in [0.2, 0.25) is 0 Å². The molecule has 2 heterocycles. The molecule has 2 aromatic carbocycles. The molecule has 0 N–H and O–H groups in total. The molecule has 2 aliphatic heterocycles. The second-order valence-corrected chi connectivity index (χ2v) is 8.48. The number of piperazine rings is 1. The van der Waals surface area contributed by atoms with Gasteiger partial charge in [0.15, 0.2) is 0 Å². The van der Waals surface area contributed by atoms with Crippen LogP contribution in [0.5, 0.6) is 0 Å². The zero-order valence-electron chi connectivity index (χ0n) is 16.3. The third-order valence-electron chi connectivity index (χ3n) is 5.69. The van der Waals surface area contributed by atoms with E-state index in [1.54, 1.807) is 0 Å².